The molecule has 1 aliphatic heterocycles. The van der Waals surface area contributed by atoms with Crippen LogP contribution in [-0.4, -0.2) is 36.0 Å². The number of pyridine rings is 1. The van der Waals surface area contributed by atoms with Crippen molar-refractivity contribution in [1.82, 2.24) is 9.88 Å². The van der Waals surface area contributed by atoms with E-state index in [1.807, 2.05) is 0 Å². The van der Waals surface area contributed by atoms with Gasteiger partial charge in [-0.05, 0) is 49.2 Å². The van der Waals surface area contributed by atoms with Gasteiger partial charge in [0.15, 0.2) is 0 Å². The fourth-order valence-electron chi connectivity index (χ4n) is 3.46. The average molecular weight is 400 g/mol. The maximum Gasteiger partial charge on any atom is 0.257 e. The van der Waals surface area contributed by atoms with Gasteiger partial charge in [0.1, 0.15) is 11.6 Å². The minimum atomic E-state index is -0.402. The van der Waals surface area contributed by atoms with Gasteiger partial charge in [0.05, 0.1) is 29.6 Å². The number of nitrogens with zero attached hydrogens (tertiary/aromatic N) is 2. The molecule has 1 aliphatic rings. The Morgan fingerprint density at radius 2 is 2.00 bits per heavy atom. The Hall–Kier alpha value is -2.86. The van der Waals surface area contributed by atoms with E-state index in [0.717, 1.165) is 12.8 Å². The Morgan fingerprint density at radius 3 is 2.75 bits per heavy atom. The van der Waals surface area contributed by atoms with Gasteiger partial charge in [-0.3, -0.25) is 9.78 Å². The smallest absolute Gasteiger partial charge is 0.257 e. The molecule has 2 heterocycles. The number of fused-ring (bicyclic) bond motifs is 1. The van der Waals surface area contributed by atoms with Gasteiger partial charge in [-0.1, -0.05) is 11.6 Å². The molecular weight excluding hydrogens is 381 g/mol. The Labute approximate surface area is 167 Å². The summed E-state index contributed by atoms with van der Waals surface area (Å²) in [6, 6.07) is 9.47. The van der Waals surface area contributed by atoms with E-state index in [4.69, 9.17) is 16.3 Å². The van der Waals surface area contributed by atoms with Crippen molar-refractivity contribution < 1.29 is 13.9 Å². The number of benzene rings is 2. The van der Waals surface area contributed by atoms with Crippen LogP contribution in [0.4, 0.5) is 15.8 Å². The van der Waals surface area contributed by atoms with Crippen molar-refractivity contribution in [3.63, 3.8) is 0 Å². The second-order valence-electron chi connectivity index (χ2n) is 6.68. The number of aromatic nitrogens is 1. The average Bonchev–Trinajstić information content (AvgIpc) is 3.23. The fourth-order valence-corrected chi connectivity index (χ4v) is 3.64. The number of anilines is 2. The Bertz CT molecular complexity index is 1050. The van der Waals surface area contributed by atoms with Crippen molar-refractivity contribution >= 4 is 39.8 Å². The van der Waals surface area contributed by atoms with Gasteiger partial charge < -0.3 is 15.0 Å². The number of likely N-dealkylation sites (tertiary alicyclic amines) is 1. The summed E-state index contributed by atoms with van der Waals surface area (Å²) in [4.78, 5) is 19.3. The van der Waals surface area contributed by atoms with Crippen LogP contribution >= 0.6 is 11.6 Å². The second kappa shape index (κ2) is 7.64. The molecule has 1 N–H and O–H groups in total. The van der Waals surface area contributed by atoms with Gasteiger partial charge >= 0.3 is 0 Å². The van der Waals surface area contributed by atoms with Crippen LogP contribution in [0.15, 0.2) is 42.6 Å². The summed E-state index contributed by atoms with van der Waals surface area (Å²) in [7, 11) is 1.55. The van der Waals surface area contributed by atoms with E-state index in [0.29, 0.717) is 51.7 Å². The topological polar surface area (TPSA) is 54.5 Å². The molecule has 28 heavy (non-hydrogen) atoms. The molecule has 0 atom stereocenters. The maximum absolute atomic E-state index is 14.0. The molecule has 0 unspecified atom stereocenters. The third kappa shape index (κ3) is 3.47. The summed E-state index contributed by atoms with van der Waals surface area (Å²) in [6.45, 7) is 1.42. The summed E-state index contributed by atoms with van der Waals surface area (Å²) >= 11 is 6.15. The van der Waals surface area contributed by atoms with E-state index in [-0.39, 0.29) is 5.91 Å². The number of methoxy groups -OCH3 is 1. The molecule has 0 aliphatic carbocycles. The van der Waals surface area contributed by atoms with E-state index in [2.05, 4.69) is 10.3 Å². The van der Waals surface area contributed by atoms with Gasteiger partial charge in [-0.2, -0.15) is 0 Å². The molecule has 1 saturated heterocycles. The molecule has 0 bridgehead atoms. The molecule has 0 radical (unpaired) electrons. The van der Waals surface area contributed by atoms with Crippen molar-refractivity contribution in [1.29, 1.82) is 0 Å². The SMILES string of the molecule is COc1ccc(Cl)cc1Nc1c(C(=O)N2CCCC2)cnc2ccc(F)cc12. The number of ether oxygens (including phenoxy) is 1. The van der Waals surface area contributed by atoms with Crippen molar-refractivity contribution in [2.24, 2.45) is 0 Å². The van der Waals surface area contributed by atoms with Crippen LogP contribution < -0.4 is 10.1 Å². The number of rotatable bonds is 4. The maximum atomic E-state index is 14.0. The van der Waals surface area contributed by atoms with Gasteiger partial charge in [-0.25, -0.2) is 4.39 Å². The van der Waals surface area contributed by atoms with Crippen LogP contribution in [-0.2, 0) is 0 Å². The Balaban J connectivity index is 1.88. The number of hydrogen-bond donors (Lipinski definition) is 1. The van der Waals surface area contributed by atoms with Gasteiger partial charge in [-0.15, -0.1) is 0 Å². The van der Waals surface area contributed by atoms with E-state index in [1.54, 1.807) is 42.5 Å². The highest BCUT2D eigenvalue weighted by molar-refractivity contribution is 6.31. The highest BCUT2D eigenvalue weighted by Crippen LogP contribution is 2.35. The molecule has 0 spiro atoms. The molecule has 1 fully saturated rings. The standard InChI is InChI=1S/C21H19ClFN3O2/c1-28-19-7-4-13(22)10-18(19)25-20-15-11-14(23)5-6-17(15)24-12-16(20)21(27)26-8-2-3-9-26/h4-7,10-12H,2-3,8-9H2,1H3,(H,24,25). The lowest BCUT2D eigenvalue weighted by Crippen LogP contribution is -2.28. The second-order valence-corrected chi connectivity index (χ2v) is 7.11. The van der Waals surface area contributed by atoms with Gasteiger partial charge in [0.2, 0.25) is 0 Å². The Morgan fingerprint density at radius 1 is 1.21 bits per heavy atom. The first-order chi connectivity index (χ1) is 13.6. The first-order valence-electron chi connectivity index (χ1n) is 9.05. The van der Waals surface area contributed by atoms with Crippen molar-refractivity contribution in [3.05, 3.63) is 59.0 Å². The Kier molecular flexibility index (Phi) is 5.05. The highest BCUT2D eigenvalue weighted by atomic mass is 35.5. The number of carbonyl (C=O) groups excluding carboxylic acids is 1. The fraction of sp³-hybridized carbons (Fsp3) is 0.238. The zero-order valence-corrected chi connectivity index (χ0v) is 16.1. The molecule has 0 saturated carbocycles. The van der Waals surface area contributed by atoms with Crippen LogP contribution in [0.3, 0.4) is 0 Å². The lowest BCUT2D eigenvalue weighted by molar-refractivity contribution is 0.0793. The number of nitrogens with one attached hydrogen (secondary N) is 1. The predicted molar refractivity (Wildman–Crippen MR) is 108 cm³/mol. The molecular formula is C21H19ClFN3O2. The van der Waals surface area contributed by atoms with E-state index < -0.39 is 5.82 Å². The van der Waals surface area contributed by atoms with Crippen LogP contribution in [0.5, 0.6) is 5.75 Å². The van der Waals surface area contributed by atoms with Crippen LogP contribution in [0.2, 0.25) is 5.02 Å². The minimum Gasteiger partial charge on any atom is -0.495 e. The molecule has 3 aromatic rings. The van der Waals surface area contributed by atoms with Crippen LogP contribution in [0.25, 0.3) is 10.9 Å². The van der Waals surface area contributed by atoms with Crippen LogP contribution in [0.1, 0.15) is 23.2 Å². The quantitative estimate of drug-likeness (QED) is 0.669. The summed E-state index contributed by atoms with van der Waals surface area (Å²) in [5.74, 6) is 0.0335. The zero-order chi connectivity index (χ0) is 19.7. The summed E-state index contributed by atoms with van der Waals surface area (Å²) in [5, 5.41) is 4.28. The largest absolute Gasteiger partial charge is 0.495 e. The lowest BCUT2D eigenvalue weighted by atomic mass is 10.1. The normalized spacial score (nSPS) is 13.8. The third-order valence-electron chi connectivity index (χ3n) is 4.87. The number of carbonyl (C=O) groups is 1. The van der Waals surface area contributed by atoms with E-state index in [1.165, 1.54) is 12.1 Å². The monoisotopic (exact) mass is 399 g/mol. The van der Waals surface area contributed by atoms with Crippen molar-refractivity contribution in [2.75, 3.05) is 25.5 Å². The highest BCUT2D eigenvalue weighted by Gasteiger charge is 2.24. The first kappa shape index (κ1) is 18.5. The minimum absolute atomic E-state index is 0.125. The lowest BCUT2D eigenvalue weighted by Gasteiger charge is -2.20. The van der Waals surface area contributed by atoms with Crippen molar-refractivity contribution in [2.45, 2.75) is 12.8 Å². The van der Waals surface area contributed by atoms with E-state index in [9.17, 15) is 9.18 Å². The molecule has 5 nitrogen and oxygen atoms in total. The third-order valence-corrected chi connectivity index (χ3v) is 5.11. The summed E-state index contributed by atoms with van der Waals surface area (Å²) < 4.78 is 19.4. The van der Waals surface area contributed by atoms with Crippen LogP contribution in [0, 0.1) is 5.82 Å². The first-order valence-corrected chi connectivity index (χ1v) is 9.43. The van der Waals surface area contributed by atoms with E-state index >= 15 is 0 Å². The molecule has 1 amide bonds. The molecule has 2 aromatic carbocycles. The molecule has 4 rings (SSSR count). The zero-order valence-electron chi connectivity index (χ0n) is 15.3. The molecule has 7 heteroatoms. The summed E-state index contributed by atoms with van der Waals surface area (Å²) in [5.41, 5.74) is 2.05. The summed E-state index contributed by atoms with van der Waals surface area (Å²) in [6.07, 6.45) is 3.50. The van der Waals surface area contributed by atoms with Gasteiger partial charge in [0, 0.05) is 29.7 Å². The van der Waals surface area contributed by atoms with Crippen molar-refractivity contribution in [3.8, 4) is 5.75 Å². The van der Waals surface area contributed by atoms with Gasteiger partial charge in [0.25, 0.3) is 5.91 Å². The molecule has 144 valence electrons. The number of hydrogen-bond acceptors (Lipinski definition) is 4. The predicted octanol–water partition coefficient (Wildman–Crippen LogP) is 5.02. The number of amides is 1. The molecule has 1 aromatic heterocycles. The number of halogens is 2.